The van der Waals surface area contributed by atoms with Crippen LogP contribution in [-0.4, -0.2) is 32.4 Å². The van der Waals surface area contributed by atoms with Gasteiger partial charge in [0.15, 0.2) is 0 Å². The van der Waals surface area contributed by atoms with Crippen LogP contribution in [0, 0.1) is 0 Å². The van der Waals surface area contributed by atoms with Gasteiger partial charge in [-0.15, -0.1) is 11.3 Å². The van der Waals surface area contributed by atoms with Crippen LogP contribution in [0.3, 0.4) is 0 Å². The lowest BCUT2D eigenvalue weighted by Crippen LogP contribution is -2.27. The van der Waals surface area contributed by atoms with Crippen molar-refractivity contribution in [2.45, 2.75) is 49.4 Å². The first-order chi connectivity index (χ1) is 9.04. The molecule has 1 aromatic heterocycles. The van der Waals surface area contributed by atoms with E-state index < -0.39 is 10.0 Å². The summed E-state index contributed by atoms with van der Waals surface area (Å²) < 4.78 is 26.6. The third-order valence-electron chi connectivity index (χ3n) is 3.27. The van der Waals surface area contributed by atoms with Crippen LogP contribution in [-0.2, 0) is 16.6 Å². The summed E-state index contributed by atoms with van der Waals surface area (Å²) in [7, 11) is -1.63. The molecule has 0 saturated heterocycles. The fourth-order valence-corrected chi connectivity index (χ4v) is 4.51. The number of sulfonamides is 1. The molecule has 4 nitrogen and oxygen atoms in total. The molecule has 1 saturated carbocycles. The third kappa shape index (κ3) is 4.02. The Morgan fingerprint density at radius 3 is 2.79 bits per heavy atom. The van der Waals surface area contributed by atoms with Crippen molar-refractivity contribution in [3.05, 3.63) is 17.0 Å². The molecular formula is C13H22N2O2S2. The van der Waals surface area contributed by atoms with Crippen molar-refractivity contribution in [2.24, 2.45) is 0 Å². The summed E-state index contributed by atoms with van der Waals surface area (Å²) in [5, 5.41) is 3.40. The van der Waals surface area contributed by atoms with E-state index in [-0.39, 0.29) is 0 Å². The molecule has 1 N–H and O–H groups in total. The number of hydrogen-bond donors (Lipinski definition) is 1. The Morgan fingerprint density at radius 2 is 2.16 bits per heavy atom. The molecule has 0 atom stereocenters. The quantitative estimate of drug-likeness (QED) is 0.802. The van der Waals surface area contributed by atoms with Crippen molar-refractivity contribution in [1.82, 2.24) is 9.62 Å². The number of thiophene rings is 1. The van der Waals surface area contributed by atoms with Gasteiger partial charge in [-0.2, -0.15) is 0 Å². The zero-order valence-corrected chi connectivity index (χ0v) is 13.2. The van der Waals surface area contributed by atoms with Gasteiger partial charge in [0.25, 0.3) is 10.0 Å². The van der Waals surface area contributed by atoms with Crippen molar-refractivity contribution in [3.63, 3.8) is 0 Å². The molecule has 19 heavy (non-hydrogen) atoms. The van der Waals surface area contributed by atoms with Gasteiger partial charge in [-0.3, -0.25) is 0 Å². The number of unbranched alkanes of at least 4 members (excludes halogenated alkanes) is 1. The highest BCUT2D eigenvalue weighted by molar-refractivity contribution is 7.91. The molecule has 108 valence electrons. The lowest BCUT2D eigenvalue weighted by Gasteiger charge is -2.15. The van der Waals surface area contributed by atoms with Gasteiger partial charge >= 0.3 is 0 Å². The molecule has 6 heteroatoms. The van der Waals surface area contributed by atoms with E-state index >= 15 is 0 Å². The molecule has 2 rings (SSSR count). The Bertz CT molecular complexity index is 506. The summed E-state index contributed by atoms with van der Waals surface area (Å²) in [5.41, 5.74) is 0. The Kier molecular flexibility index (Phi) is 5.00. The van der Waals surface area contributed by atoms with Crippen LogP contribution in [0.5, 0.6) is 0 Å². The zero-order valence-electron chi connectivity index (χ0n) is 11.6. The molecule has 1 heterocycles. The zero-order chi connectivity index (χ0) is 13.9. The predicted octanol–water partition coefficient (Wildman–Crippen LogP) is 2.42. The minimum Gasteiger partial charge on any atom is -0.309 e. The smallest absolute Gasteiger partial charge is 0.252 e. The molecule has 0 amide bonds. The monoisotopic (exact) mass is 302 g/mol. The van der Waals surface area contributed by atoms with Crippen molar-refractivity contribution in [1.29, 1.82) is 0 Å². The standard InChI is InChI=1S/C13H22N2O2S2/c1-3-4-9-15(2)19(16,17)13-8-7-12(18-13)10-14-11-5-6-11/h7-8,11,14H,3-6,9-10H2,1-2H3. The van der Waals surface area contributed by atoms with E-state index in [2.05, 4.69) is 12.2 Å². The number of nitrogens with one attached hydrogen (secondary N) is 1. The normalized spacial score (nSPS) is 16.2. The van der Waals surface area contributed by atoms with Crippen LogP contribution in [0.25, 0.3) is 0 Å². The van der Waals surface area contributed by atoms with E-state index in [1.54, 1.807) is 13.1 Å². The molecule has 1 aliphatic rings. The van der Waals surface area contributed by atoms with Crippen LogP contribution < -0.4 is 5.32 Å². The minimum absolute atomic E-state index is 0.457. The Balaban J connectivity index is 1.98. The lowest BCUT2D eigenvalue weighted by atomic mass is 10.3. The molecule has 0 aliphatic heterocycles. The van der Waals surface area contributed by atoms with Crippen LogP contribution in [0.2, 0.25) is 0 Å². The number of nitrogens with zero attached hydrogens (tertiary/aromatic N) is 1. The highest BCUT2D eigenvalue weighted by Crippen LogP contribution is 2.26. The molecule has 1 fully saturated rings. The van der Waals surface area contributed by atoms with Gasteiger partial charge in [0.05, 0.1) is 0 Å². The van der Waals surface area contributed by atoms with Crippen LogP contribution in [0.4, 0.5) is 0 Å². The molecule has 0 radical (unpaired) electrons. The van der Waals surface area contributed by atoms with Crippen molar-refractivity contribution >= 4 is 21.4 Å². The maximum absolute atomic E-state index is 12.3. The maximum Gasteiger partial charge on any atom is 0.252 e. The van der Waals surface area contributed by atoms with E-state index in [4.69, 9.17) is 0 Å². The molecule has 1 aromatic rings. The average molecular weight is 302 g/mol. The van der Waals surface area contributed by atoms with Gasteiger partial charge in [-0.1, -0.05) is 13.3 Å². The number of rotatable bonds is 8. The average Bonchev–Trinajstić information content (AvgIpc) is 3.09. The van der Waals surface area contributed by atoms with Gasteiger partial charge in [-0.25, -0.2) is 12.7 Å². The fourth-order valence-electron chi connectivity index (χ4n) is 1.78. The number of hydrogen-bond acceptors (Lipinski definition) is 4. The van der Waals surface area contributed by atoms with Gasteiger partial charge in [-0.05, 0) is 31.4 Å². The van der Waals surface area contributed by atoms with E-state index in [0.717, 1.165) is 24.3 Å². The molecule has 1 aliphatic carbocycles. The van der Waals surface area contributed by atoms with Crippen molar-refractivity contribution in [2.75, 3.05) is 13.6 Å². The Hall–Kier alpha value is -0.430. The topological polar surface area (TPSA) is 49.4 Å². The summed E-state index contributed by atoms with van der Waals surface area (Å²) in [6, 6.07) is 4.29. The Labute approximate surface area is 119 Å². The van der Waals surface area contributed by atoms with Crippen LogP contribution in [0.15, 0.2) is 16.3 Å². The highest BCUT2D eigenvalue weighted by atomic mass is 32.2. The summed E-state index contributed by atoms with van der Waals surface area (Å²) in [5.74, 6) is 0. The molecule has 0 unspecified atom stereocenters. The first-order valence-electron chi connectivity index (χ1n) is 6.82. The summed E-state index contributed by atoms with van der Waals surface area (Å²) in [6.07, 6.45) is 4.39. The first-order valence-corrected chi connectivity index (χ1v) is 9.08. The van der Waals surface area contributed by atoms with Gasteiger partial charge in [0.2, 0.25) is 0 Å². The van der Waals surface area contributed by atoms with Gasteiger partial charge in [0.1, 0.15) is 4.21 Å². The summed E-state index contributed by atoms with van der Waals surface area (Å²) >= 11 is 1.38. The third-order valence-corrected chi connectivity index (χ3v) is 6.68. The van der Waals surface area contributed by atoms with E-state index in [1.807, 2.05) is 6.07 Å². The molecule has 0 bridgehead atoms. The van der Waals surface area contributed by atoms with Gasteiger partial charge < -0.3 is 5.32 Å². The largest absolute Gasteiger partial charge is 0.309 e. The molecule has 0 aromatic carbocycles. The van der Waals surface area contributed by atoms with Gasteiger partial charge in [0, 0.05) is 31.1 Å². The first kappa shape index (κ1) is 15.0. The lowest BCUT2D eigenvalue weighted by molar-refractivity contribution is 0.461. The second-order valence-electron chi connectivity index (χ2n) is 5.06. The SMILES string of the molecule is CCCCN(C)S(=O)(=O)c1ccc(CNC2CC2)s1. The van der Waals surface area contributed by atoms with Crippen molar-refractivity contribution in [3.8, 4) is 0 Å². The summed E-state index contributed by atoms with van der Waals surface area (Å²) in [4.78, 5) is 1.09. The molecular weight excluding hydrogens is 280 g/mol. The van der Waals surface area contributed by atoms with E-state index in [9.17, 15) is 8.42 Å². The maximum atomic E-state index is 12.3. The fraction of sp³-hybridized carbons (Fsp3) is 0.692. The second kappa shape index (κ2) is 6.35. The highest BCUT2D eigenvalue weighted by Gasteiger charge is 2.23. The van der Waals surface area contributed by atoms with Crippen LogP contribution >= 0.6 is 11.3 Å². The second-order valence-corrected chi connectivity index (χ2v) is 8.50. The van der Waals surface area contributed by atoms with Crippen LogP contribution in [0.1, 0.15) is 37.5 Å². The van der Waals surface area contributed by atoms with E-state index in [0.29, 0.717) is 16.8 Å². The predicted molar refractivity (Wildman–Crippen MR) is 78.9 cm³/mol. The molecule has 0 spiro atoms. The minimum atomic E-state index is -3.29. The van der Waals surface area contributed by atoms with Crippen molar-refractivity contribution < 1.29 is 8.42 Å². The Morgan fingerprint density at radius 1 is 1.42 bits per heavy atom. The van der Waals surface area contributed by atoms with E-state index in [1.165, 1.54) is 28.5 Å². The summed E-state index contributed by atoms with van der Waals surface area (Å²) in [6.45, 7) is 3.43.